The zero-order chi connectivity index (χ0) is 23.3. The molecule has 31 heavy (non-hydrogen) atoms. The molecule has 172 valence electrons. The molecule has 1 unspecified atom stereocenters. The molecule has 2 aromatic carbocycles. The van der Waals surface area contributed by atoms with E-state index < -0.39 is 32.6 Å². The number of benzene rings is 1. The van der Waals surface area contributed by atoms with Gasteiger partial charge in [0, 0.05) is 25.3 Å². The normalized spacial score (nSPS) is 12.9. The van der Waals surface area contributed by atoms with E-state index in [0.29, 0.717) is 12.5 Å². The fourth-order valence-corrected chi connectivity index (χ4v) is 4.49. The molecule has 0 amide bonds. The zero-order valence-corrected chi connectivity index (χ0v) is 19.0. The number of aliphatic hydroxyl groups excluding tert-OH is 1. The molecule has 0 heterocycles. The van der Waals surface area contributed by atoms with Crippen LogP contribution in [0.1, 0.15) is 25.8 Å². The summed E-state index contributed by atoms with van der Waals surface area (Å²) in [7, 11) is -2.71. The summed E-state index contributed by atoms with van der Waals surface area (Å²) < 4.78 is 34.0. The number of nitrogens with one attached hydrogen (secondary N) is 2. The lowest BCUT2D eigenvalue weighted by Crippen LogP contribution is -2.41. The number of nitrogens with two attached hydrogens (primary N) is 1. The SMILES string of the molecule is COCC(CC(C)C)Nc1c(NCc2ccc(Cl)c(S(N)(=O)=O)c2OCO)c(=O)c1=O. The number of hydrogen-bond donors (Lipinski definition) is 4. The van der Waals surface area contributed by atoms with E-state index >= 15 is 0 Å². The predicted molar refractivity (Wildman–Crippen MR) is 118 cm³/mol. The Bertz CT molecular complexity index is 1090. The molecule has 0 aromatic heterocycles. The number of anilines is 2. The van der Waals surface area contributed by atoms with Crippen LogP contribution in [0.25, 0.3) is 0 Å². The molecule has 0 spiro atoms. The fraction of sp³-hybridized carbons (Fsp3) is 0.474. The van der Waals surface area contributed by atoms with E-state index in [2.05, 4.69) is 10.6 Å². The van der Waals surface area contributed by atoms with Crippen LogP contribution in [-0.4, -0.2) is 40.1 Å². The minimum Gasteiger partial charge on any atom is -0.466 e. The lowest BCUT2D eigenvalue weighted by Gasteiger charge is -2.23. The van der Waals surface area contributed by atoms with Crippen molar-refractivity contribution in [3.63, 3.8) is 0 Å². The van der Waals surface area contributed by atoms with Crippen molar-refractivity contribution in [2.75, 3.05) is 31.1 Å². The number of sulfonamides is 1. The van der Waals surface area contributed by atoms with E-state index in [-0.39, 0.29) is 40.3 Å². The number of aliphatic hydroxyl groups is 1. The monoisotopic (exact) mass is 475 g/mol. The Balaban J connectivity index is 2.32. The average Bonchev–Trinajstić information content (AvgIpc) is 2.67. The number of primary sulfonamides is 1. The van der Waals surface area contributed by atoms with Crippen molar-refractivity contribution < 1.29 is 23.0 Å². The molecule has 2 aromatic rings. The first-order valence-corrected chi connectivity index (χ1v) is 11.3. The van der Waals surface area contributed by atoms with Crippen LogP contribution in [0.5, 0.6) is 5.75 Å². The minimum atomic E-state index is -4.26. The second kappa shape index (κ2) is 10.4. The highest BCUT2D eigenvalue weighted by molar-refractivity contribution is 7.89. The summed E-state index contributed by atoms with van der Waals surface area (Å²) >= 11 is 5.95. The van der Waals surface area contributed by atoms with Crippen molar-refractivity contribution in [1.29, 1.82) is 0 Å². The van der Waals surface area contributed by atoms with Crippen LogP contribution in [0.4, 0.5) is 11.4 Å². The van der Waals surface area contributed by atoms with Crippen LogP contribution in [0.15, 0.2) is 26.6 Å². The smallest absolute Gasteiger partial charge is 0.253 e. The molecule has 1 atom stereocenters. The molecule has 0 aliphatic carbocycles. The maximum absolute atomic E-state index is 12.1. The highest BCUT2D eigenvalue weighted by Crippen LogP contribution is 2.34. The molecule has 0 radical (unpaired) electrons. The van der Waals surface area contributed by atoms with Crippen LogP contribution in [0.2, 0.25) is 5.02 Å². The third-order valence-electron chi connectivity index (χ3n) is 4.48. The van der Waals surface area contributed by atoms with Crippen LogP contribution >= 0.6 is 11.6 Å². The van der Waals surface area contributed by atoms with Gasteiger partial charge in [-0.05, 0) is 18.4 Å². The van der Waals surface area contributed by atoms with Gasteiger partial charge in [0.1, 0.15) is 22.0 Å². The molecular formula is C19H26ClN3O7S. The van der Waals surface area contributed by atoms with Gasteiger partial charge in [-0.2, -0.15) is 0 Å². The molecule has 0 bridgehead atoms. The van der Waals surface area contributed by atoms with E-state index in [1.807, 2.05) is 13.8 Å². The van der Waals surface area contributed by atoms with Gasteiger partial charge in [0.05, 0.1) is 11.6 Å². The molecule has 0 fully saturated rings. The van der Waals surface area contributed by atoms with Gasteiger partial charge in [-0.25, -0.2) is 13.6 Å². The Morgan fingerprint density at radius 2 is 1.84 bits per heavy atom. The topological polar surface area (TPSA) is 157 Å². The van der Waals surface area contributed by atoms with Gasteiger partial charge in [0.25, 0.3) is 10.9 Å². The quantitative estimate of drug-likeness (QED) is 0.259. The summed E-state index contributed by atoms with van der Waals surface area (Å²) in [5, 5.41) is 20.1. The number of hydrogen-bond acceptors (Lipinski definition) is 9. The lowest BCUT2D eigenvalue weighted by atomic mass is 10.0. The first-order valence-electron chi connectivity index (χ1n) is 9.41. The number of rotatable bonds is 12. The van der Waals surface area contributed by atoms with Gasteiger partial charge in [-0.15, -0.1) is 0 Å². The van der Waals surface area contributed by atoms with Crippen molar-refractivity contribution in [1.82, 2.24) is 0 Å². The highest BCUT2D eigenvalue weighted by Gasteiger charge is 2.26. The van der Waals surface area contributed by atoms with E-state index in [9.17, 15) is 18.0 Å². The van der Waals surface area contributed by atoms with Crippen LogP contribution < -0.4 is 31.4 Å². The third-order valence-corrected chi connectivity index (χ3v) is 5.88. The molecule has 0 aliphatic heterocycles. The highest BCUT2D eigenvalue weighted by atomic mass is 35.5. The van der Waals surface area contributed by atoms with E-state index in [0.717, 1.165) is 6.42 Å². The molecule has 0 saturated heterocycles. The standard InChI is InChI=1S/C19H26ClN3O7S/c1-10(2)6-12(8-29-3)23-15-14(16(25)17(15)26)22-7-11-4-5-13(20)19(31(21,27)28)18(11)30-9-24/h4-5,10,12,22-24H,6-9H2,1-3H3,(H2,21,27,28). The predicted octanol–water partition coefficient (Wildman–Crippen LogP) is 0.997. The minimum absolute atomic E-state index is 0.0666. The second-order valence-corrected chi connectivity index (χ2v) is 9.28. The first-order chi connectivity index (χ1) is 14.5. The van der Waals surface area contributed by atoms with Crippen molar-refractivity contribution in [2.24, 2.45) is 11.1 Å². The Hall–Kier alpha value is -2.18. The van der Waals surface area contributed by atoms with Crippen molar-refractivity contribution in [2.45, 2.75) is 37.8 Å². The Kier molecular flexibility index (Phi) is 8.43. The molecule has 2 rings (SSSR count). The van der Waals surface area contributed by atoms with Gasteiger partial charge in [0.15, 0.2) is 6.79 Å². The van der Waals surface area contributed by atoms with Gasteiger partial charge in [-0.3, -0.25) is 9.59 Å². The summed E-state index contributed by atoms with van der Waals surface area (Å²) in [4.78, 5) is 23.7. The van der Waals surface area contributed by atoms with Crippen molar-refractivity contribution >= 4 is 33.0 Å². The largest absolute Gasteiger partial charge is 0.466 e. The molecule has 10 nitrogen and oxygen atoms in total. The van der Waals surface area contributed by atoms with Gasteiger partial charge >= 0.3 is 0 Å². The Labute approximate surface area is 185 Å². The molecule has 12 heteroatoms. The zero-order valence-electron chi connectivity index (χ0n) is 17.4. The Morgan fingerprint density at radius 3 is 2.39 bits per heavy atom. The van der Waals surface area contributed by atoms with E-state index in [1.165, 1.54) is 12.1 Å². The summed E-state index contributed by atoms with van der Waals surface area (Å²) in [6.45, 7) is 3.49. The number of methoxy groups -OCH3 is 1. The molecular weight excluding hydrogens is 450 g/mol. The second-order valence-electron chi connectivity index (χ2n) is 7.37. The van der Waals surface area contributed by atoms with Gasteiger partial charge in [-0.1, -0.05) is 31.5 Å². The summed E-state index contributed by atoms with van der Waals surface area (Å²) in [5.74, 6) is 0.0923. The first kappa shape index (κ1) is 25.1. The molecule has 0 saturated carbocycles. The van der Waals surface area contributed by atoms with Crippen LogP contribution in [0, 0.1) is 5.92 Å². The van der Waals surface area contributed by atoms with Crippen molar-refractivity contribution in [3.05, 3.63) is 43.2 Å². The summed E-state index contributed by atoms with van der Waals surface area (Å²) in [5.41, 5.74) is -0.888. The summed E-state index contributed by atoms with van der Waals surface area (Å²) in [6, 6.07) is 2.59. The average molecular weight is 476 g/mol. The molecule has 0 aliphatic rings. The maximum Gasteiger partial charge on any atom is 0.253 e. The Morgan fingerprint density at radius 1 is 1.19 bits per heavy atom. The summed E-state index contributed by atoms with van der Waals surface area (Å²) in [6.07, 6.45) is 0.718. The maximum atomic E-state index is 12.1. The van der Waals surface area contributed by atoms with Gasteiger partial charge < -0.3 is 25.2 Å². The van der Waals surface area contributed by atoms with Gasteiger partial charge in [0.2, 0.25) is 10.0 Å². The third kappa shape index (κ3) is 5.95. The van der Waals surface area contributed by atoms with Crippen molar-refractivity contribution in [3.8, 4) is 5.75 Å². The van der Waals surface area contributed by atoms with Crippen LogP contribution in [0.3, 0.4) is 0 Å². The van der Waals surface area contributed by atoms with Crippen LogP contribution in [-0.2, 0) is 21.3 Å². The van der Waals surface area contributed by atoms with E-state index in [1.54, 1.807) is 7.11 Å². The molecule has 5 N–H and O–H groups in total. The fourth-order valence-electron chi connectivity index (χ4n) is 3.23. The number of ether oxygens (including phenoxy) is 2. The number of halogens is 1. The lowest BCUT2D eigenvalue weighted by molar-refractivity contribution is 0.0948. The van der Waals surface area contributed by atoms with E-state index in [4.69, 9.17) is 31.3 Å².